The Kier molecular flexibility index (Phi) is 7.53. The number of carbonyl (C=O) groups excluding carboxylic acids is 2. The van der Waals surface area contributed by atoms with Crippen LogP contribution in [0.4, 0.5) is 10.5 Å². The number of rotatable bonds is 8. The summed E-state index contributed by atoms with van der Waals surface area (Å²) in [6, 6.07) is 23.0. The van der Waals surface area contributed by atoms with E-state index in [9.17, 15) is 19.7 Å². The molecule has 0 saturated carbocycles. The van der Waals surface area contributed by atoms with Crippen molar-refractivity contribution in [3.63, 3.8) is 0 Å². The number of carbonyl (C=O) groups is 2. The minimum Gasteiger partial charge on any atom is -0.493 e. The van der Waals surface area contributed by atoms with Gasteiger partial charge in [0, 0.05) is 12.1 Å². The second-order valence-corrected chi connectivity index (χ2v) is 10.1. The van der Waals surface area contributed by atoms with E-state index in [0.29, 0.717) is 16.9 Å². The van der Waals surface area contributed by atoms with Crippen molar-refractivity contribution < 1.29 is 24.0 Å². The summed E-state index contributed by atoms with van der Waals surface area (Å²) in [6.07, 6.45) is 1.59. The van der Waals surface area contributed by atoms with Crippen LogP contribution >= 0.6 is 23.4 Å². The first kappa shape index (κ1) is 26.3. The second-order valence-electron chi connectivity index (χ2n) is 8.66. The van der Waals surface area contributed by atoms with Gasteiger partial charge in [0.05, 0.1) is 28.5 Å². The third-order valence-electron chi connectivity index (χ3n) is 6.14. The summed E-state index contributed by atoms with van der Waals surface area (Å²) < 4.78 is 11.3. The smallest absolute Gasteiger partial charge is 0.293 e. The number of benzene rings is 4. The summed E-state index contributed by atoms with van der Waals surface area (Å²) in [4.78, 5) is 38.0. The molecule has 0 unspecified atom stereocenters. The maximum absolute atomic E-state index is 13.2. The lowest BCUT2D eigenvalue weighted by atomic mass is 10.0. The van der Waals surface area contributed by atoms with Crippen LogP contribution in [0.15, 0.2) is 83.8 Å². The van der Waals surface area contributed by atoms with E-state index in [1.165, 1.54) is 24.1 Å². The topological polar surface area (TPSA) is 99.0 Å². The second kappa shape index (κ2) is 11.2. The number of nitrogens with zero attached hydrogens (tertiary/aromatic N) is 2. The lowest BCUT2D eigenvalue weighted by molar-refractivity contribution is -0.384. The van der Waals surface area contributed by atoms with E-state index in [4.69, 9.17) is 21.1 Å². The van der Waals surface area contributed by atoms with Gasteiger partial charge in [-0.25, -0.2) is 0 Å². The van der Waals surface area contributed by atoms with Gasteiger partial charge in [-0.05, 0) is 57.4 Å². The molecule has 1 saturated heterocycles. The SMILES string of the molecule is COc1cc(/C=C2/SC(=O)N(Cc3cccc4ccccc34)C2=O)cc(Cl)c1OCc1cccc([N+](=O)[O-])c1. The molecule has 0 aliphatic carbocycles. The van der Waals surface area contributed by atoms with Gasteiger partial charge < -0.3 is 9.47 Å². The molecule has 1 heterocycles. The molecule has 39 heavy (non-hydrogen) atoms. The highest BCUT2D eigenvalue weighted by Crippen LogP contribution is 2.40. The Morgan fingerprint density at radius 1 is 1.03 bits per heavy atom. The van der Waals surface area contributed by atoms with Crippen LogP contribution in [0, 0.1) is 10.1 Å². The van der Waals surface area contributed by atoms with Crippen molar-refractivity contribution in [1.82, 2.24) is 4.90 Å². The summed E-state index contributed by atoms with van der Waals surface area (Å²) >= 11 is 7.36. The van der Waals surface area contributed by atoms with Crippen LogP contribution in [0.2, 0.25) is 5.02 Å². The molecule has 2 amide bonds. The Balaban J connectivity index is 1.36. The fourth-order valence-corrected chi connectivity index (χ4v) is 5.38. The zero-order valence-corrected chi connectivity index (χ0v) is 22.2. The number of imide groups is 1. The Bertz CT molecular complexity index is 1650. The van der Waals surface area contributed by atoms with Crippen LogP contribution in [-0.4, -0.2) is 28.1 Å². The number of thioether (sulfide) groups is 1. The zero-order chi connectivity index (χ0) is 27.5. The van der Waals surface area contributed by atoms with E-state index in [1.54, 1.807) is 30.3 Å². The van der Waals surface area contributed by atoms with Crippen LogP contribution in [0.25, 0.3) is 16.8 Å². The highest BCUT2D eigenvalue weighted by Gasteiger charge is 2.35. The fourth-order valence-electron chi connectivity index (χ4n) is 4.27. The molecule has 0 aromatic heterocycles. The van der Waals surface area contributed by atoms with Crippen LogP contribution in [0.1, 0.15) is 16.7 Å². The summed E-state index contributed by atoms with van der Waals surface area (Å²) in [6.45, 7) is 0.196. The highest BCUT2D eigenvalue weighted by atomic mass is 35.5. The molecule has 1 aliphatic heterocycles. The van der Waals surface area contributed by atoms with Gasteiger partial charge in [0.1, 0.15) is 6.61 Å². The van der Waals surface area contributed by atoms with Crippen molar-refractivity contribution in [3.05, 3.63) is 116 Å². The number of fused-ring (bicyclic) bond motifs is 1. The van der Waals surface area contributed by atoms with E-state index >= 15 is 0 Å². The van der Waals surface area contributed by atoms with Crippen molar-refractivity contribution in [2.45, 2.75) is 13.2 Å². The predicted molar refractivity (Wildman–Crippen MR) is 151 cm³/mol. The van der Waals surface area contributed by atoms with E-state index in [0.717, 1.165) is 28.1 Å². The number of ether oxygens (including phenoxy) is 2. The van der Waals surface area contributed by atoms with Crippen molar-refractivity contribution in [2.75, 3.05) is 7.11 Å². The lowest BCUT2D eigenvalue weighted by Gasteiger charge is -2.14. The van der Waals surface area contributed by atoms with Gasteiger partial charge >= 0.3 is 0 Å². The molecule has 0 N–H and O–H groups in total. The first-order valence-electron chi connectivity index (χ1n) is 11.8. The Labute approximate surface area is 232 Å². The van der Waals surface area contributed by atoms with Gasteiger partial charge in [-0.3, -0.25) is 24.6 Å². The summed E-state index contributed by atoms with van der Waals surface area (Å²) in [5.74, 6) is 0.181. The standard InChI is InChI=1S/C29H21ClN2O6S/c1-37-25-14-19(13-24(30)27(25)38-17-18-6-4-10-22(12-18)32(35)36)15-26-28(33)31(29(34)39-26)16-21-9-5-8-20-7-2-3-11-23(20)21/h2-15H,16-17H2,1H3/b26-15+. The van der Waals surface area contributed by atoms with E-state index < -0.39 is 4.92 Å². The third kappa shape index (κ3) is 5.59. The Hall–Kier alpha value is -4.34. The number of nitro groups is 1. The zero-order valence-electron chi connectivity index (χ0n) is 20.6. The predicted octanol–water partition coefficient (Wildman–Crippen LogP) is 7.23. The number of methoxy groups -OCH3 is 1. The fraction of sp³-hybridized carbons (Fsp3) is 0.103. The highest BCUT2D eigenvalue weighted by molar-refractivity contribution is 8.18. The molecule has 10 heteroatoms. The molecule has 0 atom stereocenters. The first-order valence-corrected chi connectivity index (χ1v) is 13.0. The molecule has 8 nitrogen and oxygen atoms in total. The molecule has 4 aromatic carbocycles. The number of hydrogen-bond acceptors (Lipinski definition) is 7. The van der Waals surface area contributed by atoms with Crippen molar-refractivity contribution in [2.24, 2.45) is 0 Å². The summed E-state index contributed by atoms with van der Waals surface area (Å²) in [5.41, 5.74) is 1.98. The van der Waals surface area contributed by atoms with Gasteiger partial charge in [-0.2, -0.15) is 0 Å². The molecular weight excluding hydrogens is 540 g/mol. The van der Waals surface area contributed by atoms with Gasteiger partial charge in [0.2, 0.25) is 0 Å². The molecule has 4 aromatic rings. The van der Waals surface area contributed by atoms with Gasteiger partial charge in [-0.1, -0.05) is 66.2 Å². The largest absolute Gasteiger partial charge is 0.493 e. The van der Waals surface area contributed by atoms with Gasteiger partial charge in [0.15, 0.2) is 11.5 Å². The quantitative estimate of drug-likeness (QED) is 0.127. The van der Waals surface area contributed by atoms with Crippen LogP contribution < -0.4 is 9.47 Å². The number of hydrogen-bond donors (Lipinski definition) is 0. The van der Waals surface area contributed by atoms with Crippen LogP contribution in [0.3, 0.4) is 0 Å². The van der Waals surface area contributed by atoms with E-state index in [2.05, 4.69) is 0 Å². The number of amides is 2. The third-order valence-corrected chi connectivity index (χ3v) is 7.32. The number of halogens is 1. The first-order chi connectivity index (χ1) is 18.8. The van der Waals surface area contributed by atoms with Crippen molar-refractivity contribution in [3.8, 4) is 11.5 Å². The van der Waals surface area contributed by atoms with Gasteiger partial charge in [-0.15, -0.1) is 0 Å². The molecule has 0 radical (unpaired) electrons. The monoisotopic (exact) mass is 560 g/mol. The minimum atomic E-state index is -0.477. The molecule has 196 valence electrons. The molecule has 0 bridgehead atoms. The van der Waals surface area contributed by atoms with E-state index in [-0.39, 0.29) is 45.7 Å². The van der Waals surface area contributed by atoms with Crippen molar-refractivity contribution >= 4 is 57.0 Å². The normalized spacial score (nSPS) is 14.3. The minimum absolute atomic E-state index is 0.0319. The average Bonchev–Trinajstić information content (AvgIpc) is 3.19. The summed E-state index contributed by atoms with van der Waals surface area (Å²) in [5, 5.41) is 12.9. The number of nitro benzene ring substituents is 1. The Morgan fingerprint density at radius 2 is 1.79 bits per heavy atom. The van der Waals surface area contributed by atoms with Crippen LogP contribution in [-0.2, 0) is 17.9 Å². The molecular formula is C29H21ClN2O6S. The van der Waals surface area contributed by atoms with Gasteiger partial charge in [0.25, 0.3) is 16.8 Å². The average molecular weight is 561 g/mol. The molecule has 1 fully saturated rings. The molecule has 1 aliphatic rings. The molecule has 0 spiro atoms. The number of non-ortho nitro benzene ring substituents is 1. The Morgan fingerprint density at radius 3 is 2.59 bits per heavy atom. The maximum Gasteiger partial charge on any atom is 0.293 e. The molecule has 5 rings (SSSR count). The maximum atomic E-state index is 13.2. The lowest BCUT2D eigenvalue weighted by Crippen LogP contribution is -2.27. The summed E-state index contributed by atoms with van der Waals surface area (Å²) in [7, 11) is 1.45. The van der Waals surface area contributed by atoms with E-state index in [1.807, 2.05) is 42.5 Å². The van der Waals surface area contributed by atoms with Crippen LogP contribution in [0.5, 0.6) is 11.5 Å². The van der Waals surface area contributed by atoms with Crippen molar-refractivity contribution in [1.29, 1.82) is 0 Å².